The van der Waals surface area contributed by atoms with Crippen LogP contribution in [-0.2, 0) is 0 Å². The molecule has 5 nitrogen and oxygen atoms in total. The molecule has 0 amide bonds. The second kappa shape index (κ2) is 12.2. The minimum Gasteiger partial charge on any atom is -0.454 e. The molecule has 0 fully saturated rings. The predicted octanol–water partition coefficient (Wildman–Crippen LogP) is 14.2. The van der Waals surface area contributed by atoms with Crippen molar-refractivity contribution >= 4 is 87.2 Å². The molecule has 0 bridgehead atoms. The van der Waals surface area contributed by atoms with Crippen LogP contribution < -0.4 is 0 Å². The van der Waals surface area contributed by atoms with Crippen LogP contribution >= 0.6 is 0 Å². The summed E-state index contributed by atoms with van der Waals surface area (Å²) in [6.45, 7) is 0. The molecule has 0 spiro atoms. The summed E-state index contributed by atoms with van der Waals surface area (Å²) in [5, 5.41) is 10.1. The SMILES string of the molecule is c1ccc(-c2ccc3c(c2)c2c4ccccc4c4c5cc(-n6c7ccccc7c7ccccc76)ccc5oc4c2n3-c2nc(-c3ccccc3)c3ccccc3n2)cc1. The third-order valence-corrected chi connectivity index (χ3v) is 12.1. The van der Waals surface area contributed by atoms with Gasteiger partial charge >= 0.3 is 0 Å². The van der Waals surface area contributed by atoms with E-state index in [9.17, 15) is 0 Å². The van der Waals surface area contributed by atoms with Crippen molar-refractivity contribution in [3.8, 4) is 34.0 Å². The number of hydrogen-bond acceptors (Lipinski definition) is 3. The maximum Gasteiger partial charge on any atom is 0.235 e. The van der Waals surface area contributed by atoms with Gasteiger partial charge in [0.05, 0.1) is 27.8 Å². The summed E-state index contributed by atoms with van der Waals surface area (Å²) in [7, 11) is 0. The highest BCUT2D eigenvalue weighted by Crippen LogP contribution is 2.47. The molecule has 4 heterocycles. The molecule has 274 valence electrons. The first-order chi connectivity index (χ1) is 29.3. The summed E-state index contributed by atoms with van der Waals surface area (Å²) in [6, 6.07) is 68.8. The standard InChI is InChI=1S/C54H32N4O/c1-3-15-33(16-4-1)35-27-29-47-42(31-35)49-39-21-7-8-22-40(39)50-43-32-36(57-45-25-13-10-19-37(45)38-20-11-14-26-46(38)57)28-30-48(43)59-53(50)52(49)58(47)54-55-44-24-12-9-23-41(44)51(56-54)34-17-5-2-6-18-34/h1-32H. The number of para-hydroxylation sites is 3. The molecule has 13 aromatic rings. The first-order valence-corrected chi connectivity index (χ1v) is 20.0. The highest BCUT2D eigenvalue weighted by Gasteiger charge is 2.26. The van der Waals surface area contributed by atoms with Crippen molar-refractivity contribution in [3.05, 3.63) is 194 Å². The van der Waals surface area contributed by atoms with Crippen LogP contribution in [0.1, 0.15) is 0 Å². The molecule has 0 unspecified atom stereocenters. The molecule has 0 radical (unpaired) electrons. The zero-order chi connectivity index (χ0) is 38.6. The van der Waals surface area contributed by atoms with Gasteiger partial charge in [-0.15, -0.1) is 0 Å². The third kappa shape index (κ3) is 4.61. The van der Waals surface area contributed by atoms with E-state index in [1.807, 2.05) is 12.1 Å². The normalized spacial score (nSPS) is 12.1. The number of rotatable bonds is 4. The van der Waals surface area contributed by atoms with Crippen molar-refractivity contribution in [2.24, 2.45) is 0 Å². The highest BCUT2D eigenvalue weighted by molar-refractivity contribution is 6.35. The van der Waals surface area contributed by atoms with E-state index in [1.165, 1.54) is 21.8 Å². The molecule has 5 heteroatoms. The van der Waals surface area contributed by atoms with E-state index >= 15 is 0 Å². The van der Waals surface area contributed by atoms with Gasteiger partial charge in [-0.3, -0.25) is 4.57 Å². The van der Waals surface area contributed by atoms with Crippen LogP contribution in [0.25, 0.3) is 121 Å². The summed E-state index contributed by atoms with van der Waals surface area (Å²) >= 11 is 0. The third-order valence-electron chi connectivity index (χ3n) is 12.1. The number of aromatic nitrogens is 4. The molecule has 0 atom stereocenters. The van der Waals surface area contributed by atoms with E-state index < -0.39 is 0 Å². The predicted molar refractivity (Wildman–Crippen MR) is 244 cm³/mol. The Morgan fingerprint density at radius 3 is 1.69 bits per heavy atom. The fourth-order valence-corrected chi connectivity index (χ4v) is 9.56. The van der Waals surface area contributed by atoms with Gasteiger partial charge in [0, 0.05) is 49.0 Å². The van der Waals surface area contributed by atoms with Crippen LogP contribution in [0.15, 0.2) is 199 Å². The van der Waals surface area contributed by atoms with Crippen molar-refractivity contribution in [3.63, 3.8) is 0 Å². The average molecular weight is 753 g/mol. The summed E-state index contributed by atoms with van der Waals surface area (Å²) in [6.07, 6.45) is 0. The molecular formula is C54H32N4O. The summed E-state index contributed by atoms with van der Waals surface area (Å²) in [5.74, 6) is 0.595. The minimum absolute atomic E-state index is 0.595. The van der Waals surface area contributed by atoms with E-state index in [0.717, 1.165) is 93.5 Å². The van der Waals surface area contributed by atoms with Gasteiger partial charge in [-0.05, 0) is 70.4 Å². The van der Waals surface area contributed by atoms with Gasteiger partial charge < -0.3 is 8.98 Å². The maximum absolute atomic E-state index is 7.14. The lowest BCUT2D eigenvalue weighted by Gasteiger charge is -2.12. The lowest BCUT2D eigenvalue weighted by molar-refractivity contribution is 0.671. The Bertz CT molecular complexity index is 3780. The Balaban J connectivity index is 1.19. The monoisotopic (exact) mass is 752 g/mol. The fraction of sp³-hybridized carbons (Fsp3) is 0. The average Bonchev–Trinajstić information content (AvgIpc) is 3.97. The van der Waals surface area contributed by atoms with Crippen molar-refractivity contribution < 1.29 is 4.42 Å². The van der Waals surface area contributed by atoms with Crippen molar-refractivity contribution in [2.45, 2.75) is 0 Å². The number of hydrogen-bond donors (Lipinski definition) is 0. The summed E-state index contributed by atoms with van der Waals surface area (Å²) in [4.78, 5) is 10.8. The Morgan fingerprint density at radius 2 is 0.966 bits per heavy atom. The molecule has 0 aliphatic carbocycles. The van der Waals surface area contributed by atoms with Gasteiger partial charge in [-0.25, -0.2) is 9.97 Å². The van der Waals surface area contributed by atoms with Crippen LogP contribution in [0, 0.1) is 0 Å². The molecule has 59 heavy (non-hydrogen) atoms. The van der Waals surface area contributed by atoms with Crippen LogP contribution in [0.4, 0.5) is 0 Å². The van der Waals surface area contributed by atoms with Gasteiger partial charge in [0.25, 0.3) is 0 Å². The van der Waals surface area contributed by atoms with E-state index in [-0.39, 0.29) is 0 Å². The Labute approximate surface area is 337 Å². The maximum atomic E-state index is 7.14. The highest BCUT2D eigenvalue weighted by atomic mass is 16.3. The van der Waals surface area contributed by atoms with Crippen molar-refractivity contribution in [2.75, 3.05) is 0 Å². The quantitative estimate of drug-likeness (QED) is 0.180. The minimum atomic E-state index is 0.595. The molecule has 0 aliphatic heterocycles. The molecule has 9 aromatic carbocycles. The molecule has 4 aromatic heterocycles. The zero-order valence-electron chi connectivity index (χ0n) is 31.7. The second-order valence-electron chi connectivity index (χ2n) is 15.3. The molecule has 0 saturated heterocycles. The van der Waals surface area contributed by atoms with Crippen molar-refractivity contribution in [1.82, 2.24) is 19.1 Å². The molecular weight excluding hydrogens is 721 g/mol. The number of fused-ring (bicyclic) bond motifs is 14. The van der Waals surface area contributed by atoms with Crippen LogP contribution in [-0.4, -0.2) is 19.1 Å². The topological polar surface area (TPSA) is 48.8 Å². The van der Waals surface area contributed by atoms with Crippen LogP contribution in [0.5, 0.6) is 0 Å². The Kier molecular flexibility index (Phi) is 6.66. The molecule has 0 N–H and O–H groups in total. The Hall–Kier alpha value is -8.02. The van der Waals surface area contributed by atoms with Crippen LogP contribution in [0.2, 0.25) is 0 Å². The Morgan fingerprint density at radius 1 is 0.373 bits per heavy atom. The van der Waals surface area contributed by atoms with Crippen molar-refractivity contribution in [1.29, 1.82) is 0 Å². The van der Waals surface area contributed by atoms with Gasteiger partial charge in [-0.1, -0.05) is 146 Å². The smallest absolute Gasteiger partial charge is 0.235 e. The largest absolute Gasteiger partial charge is 0.454 e. The molecule has 13 rings (SSSR count). The van der Waals surface area contributed by atoms with E-state index in [0.29, 0.717) is 5.95 Å². The number of nitrogens with zero attached hydrogens (tertiary/aromatic N) is 4. The van der Waals surface area contributed by atoms with Gasteiger partial charge in [-0.2, -0.15) is 0 Å². The van der Waals surface area contributed by atoms with Gasteiger partial charge in [0.1, 0.15) is 11.1 Å². The number of benzene rings is 9. The first-order valence-electron chi connectivity index (χ1n) is 20.0. The van der Waals surface area contributed by atoms with Gasteiger partial charge in [0.15, 0.2) is 5.58 Å². The summed E-state index contributed by atoms with van der Waals surface area (Å²) < 4.78 is 11.8. The van der Waals surface area contributed by atoms with E-state index in [4.69, 9.17) is 14.4 Å². The zero-order valence-corrected chi connectivity index (χ0v) is 31.7. The first kappa shape index (κ1) is 32.1. The van der Waals surface area contributed by atoms with E-state index in [1.54, 1.807) is 0 Å². The fourth-order valence-electron chi connectivity index (χ4n) is 9.56. The van der Waals surface area contributed by atoms with E-state index in [2.05, 4.69) is 191 Å². The lowest BCUT2D eigenvalue weighted by atomic mass is 9.97. The summed E-state index contributed by atoms with van der Waals surface area (Å²) in [5.41, 5.74) is 12.1. The molecule has 0 saturated carbocycles. The van der Waals surface area contributed by atoms with Gasteiger partial charge in [0.2, 0.25) is 5.95 Å². The van der Waals surface area contributed by atoms with Crippen LogP contribution in [0.3, 0.4) is 0 Å². The molecule has 0 aliphatic rings. The second-order valence-corrected chi connectivity index (χ2v) is 15.3. The lowest BCUT2D eigenvalue weighted by Crippen LogP contribution is -2.03. The number of furan rings is 1.